The Balaban J connectivity index is 1.55. The van der Waals surface area contributed by atoms with Crippen LogP contribution in [-0.4, -0.2) is 29.5 Å². The second-order valence-electron chi connectivity index (χ2n) is 5.95. The molecule has 27 heavy (non-hydrogen) atoms. The van der Waals surface area contributed by atoms with Gasteiger partial charge in [-0.1, -0.05) is 48.5 Å². The lowest BCUT2D eigenvalue weighted by Gasteiger charge is -2.10. The highest BCUT2D eigenvalue weighted by molar-refractivity contribution is 5.92. The molecule has 3 rings (SSSR count). The fourth-order valence-corrected chi connectivity index (χ4v) is 2.67. The minimum absolute atomic E-state index is 0.214. The molecule has 2 N–H and O–H groups in total. The van der Waals surface area contributed by atoms with E-state index >= 15 is 0 Å². The molecule has 6 heteroatoms. The number of rotatable bonds is 8. The van der Waals surface area contributed by atoms with E-state index in [9.17, 15) is 4.79 Å². The van der Waals surface area contributed by atoms with E-state index in [1.807, 2.05) is 54.6 Å². The van der Waals surface area contributed by atoms with E-state index in [-0.39, 0.29) is 5.91 Å². The summed E-state index contributed by atoms with van der Waals surface area (Å²) in [6.07, 6.45) is 2.16. The Morgan fingerprint density at radius 3 is 2.63 bits per heavy atom. The van der Waals surface area contributed by atoms with Gasteiger partial charge in [0.2, 0.25) is 0 Å². The van der Waals surface area contributed by atoms with Crippen molar-refractivity contribution in [3.63, 3.8) is 0 Å². The van der Waals surface area contributed by atoms with Crippen molar-refractivity contribution in [2.45, 2.75) is 13.0 Å². The van der Waals surface area contributed by atoms with Gasteiger partial charge >= 0.3 is 0 Å². The van der Waals surface area contributed by atoms with Gasteiger partial charge in [0.25, 0.3) is 5.91 Å². The number of benzene rings is 2. The van der Waals surface area contributed by atoms with Gasteiger partial charge in [0, 0.05) is 24.7 Å². The van der Waals surface area contributed by atoms with Gasteiger partial charge in [-0.15, -0.1) is 0 Å². The van der Waals surface area contributed by atoms with Crippen LogP contribution < -0.4 is 15.4 Å². The van der Waals surface area contributed by atoms with Gasteiger partial charge in [-0.25, -0.2) is 9.97 Å². The number of carbonyl (C=O) groups excluding carboxylic acids is 1. The van der Waals surface area contributed by atoms with E-state index in [1.165, 1.54) is 11.9 Å². The van der Waals surface area contributed by atoms with E-state index in [4.69, 9.17) is 4.74 Å². The van der Waals surface area contributed by atoms with Crippen molar-refractivity contribution < 1.29 is 9.53 Å². The van der Waals surface area contributed by atoms with Gasteiger partial charge < -0.3 is 15.4 Å². The highest BCUT2D eigenvalue weighted by Crippen LogP contribution is 2.18. The van der Waals surface area contributed by atoms with E-state index in [0.717, 1.165) is 17.7 Å². The molecule has 0 saturated carbocycles. The standard InChI is InChI=1S/C21H22N4O2/c1-27-19-10-6-5-9-17(19)14-23-20-13-18(24-15-25-20)21(26)22-12-11-16-7-3-2-4-8-16/h2-10,13,15H,11-12,14H2,1H3,(H,22,26)(H,23,24,25). The Morgan fingerprint density at radius 1 is 1.04 bits per heavy atom. The molecule has 0 aliphatic heterocycles. The molecule has 0 aliphatic carbocycles. The molecule has 138 valence electrons. The average Bonchev–Trinajstić information content (AvgIpc) is 2.73. The van der Waals surface area contributed by atoms with E-state index in [0.29, 0.717) is 24.6 Å². The summed E-state index contributed by atoms with van der Waals surface area (Å²) < 4.78 is 5.34. The third-order valence-electron chi connectivity index (χ3n) is 4.09. The minimum atomic E-state index is -0.214. The second-order valence-corrected chi connectivity index (χ2v) is 5.95. The average molecular weight is 362 g/mol. The number of amides is 1. The summed E-state index contributed by atoms with van der Waals surface area (Å²) in [7, 11) is 1.64. The van der Waals surface area contributed by atoms with Crippen molar-refractivity contribution >= 4 is 11.7 Å². The lowest BCUT2D eigenvalue weighted by atomic mass is 10.1. The zero-order chi connectivity index (χ0) is 18.9. The first-order valence-corrected chi connectivity index (χ1v) is 8.76. The van der Waals surface area contributed by atoms with Crippen LogP contribution in [0.15, 0.2) is 67.0 Å². The van der Waals surface area contributed by atoms with Crippen molar-refractivity contribution in [2.24, 2.45) is 0 Å². The maximum Gasteiger partial charge on any atom is 0.270 e. The fourth-order valence-electron chi connectivity index (χ4n) is 2.67. The molecule has 0 unspecified atom stereocenters. The van der Waals surface area contributed by atoms with Crippen LogP contribution in [0.1, 0.15) is 21.6 Å². The predicted octanol–water partition coefficient (Wildman–Crippen LogP) is 3.07. The Bertz CT molecular complexity index is 884. The summed E-state index contributed by atoms with van der Waals surface area (Å²) >= 11 is 0. The molecule has 0 spiro atoms. The van der Waals surface area contributed by atoms with Crippen LogP contribution in [0.3, 0.4) is 0 Å². The zero-order valence-corrected chi connectivity index (χ0v) is 15.2. The van der Waals surface area contributed by atoms with Crippen LogP contribution in [-0.2, 0) is 13.0 Å². The smallest absolute Gasteiger partial charge is 0.270 e. The van der Waals surface area contributed by atoms with E-state index < -0.39 is 0 Å². The van der Waals surface area contributed by atoms with Gasteiger partial charge in [0.1, 0.15) is 23.6 Å². The summed E-state index contributed by atoms with van der Waals surface area (Å²) in [4.78, 5) is 20.6. The molecule has 0 fully saturated rings. The third-order valence-corrected chi connectivity index (χ3v) is 4.09. The monoisotopic (exact) mass is 362 g/mol. The molecule has 0 atom stereocenters. The molecule has 1 aromatic heterocycles. The molecule has 1 amide bonds. The second kappa shape index (κ2) is 9.33. The number of nitrogens with zero attached hydrogens (tertiary/aromatic N) is 2. The molecule has 2 aromatic carbocycles. The highest BCUT2D eigenvalue weighted by Gasteiger charge is 2.09. The van der Waals surface area contributed by atoms with E-state index in [1.54, 1.807) is 13.2 Å². The molecule has 0 bridgehead atoms. The maximum absolute atomic E-state index is 12.3. The van der Waals surface area contributed by atoms with Crippen LogP contribution in [0.2, 0.25) is 0 Å². The molecular weight excluding hydrogens is 340 g/mol. The van der Waals surface area contributed by atoms with Crippen LogP contribution in [0.25, 0.3) is 0 Å². The molecular formula is C21H22N4O2. The summed E-state index contributed by atoms with van der Waals surface area (Å²) in [5.41, 5.74) is 2.52. The predicted molar refractivity (Wildman–Crippen MR) is 105 cm³/mol. The molecule has 1 heterocycles. The number of nitrogens with one attached hydrogen (secondary N) is 2. The van der Waals surface area contributed by atoms with Crippen molar-refractivity contribution in [2.75, 3.05) is 19.0 Å². The van der Waals surface area contributed by atoms with E-state index in [2.05, 4.69) is 20.6 Å². The Morgan fingerprint density at radius 2 is 1.81 bits per heavy atom. The number of aromatic nitrogens is 2. The van der Waals surface area contributed by atoms with Gasteiger partial charge in [0.05, 0.1) is 7.11 Å². The summed E-state index contributed by atoms with van der Waals surface area (Å²) in [6, 6.07) is 19.4. The number of hydrogen-bond acceptors (Lipinski definition) is 5. The molecule has 6 nitrogen and oxygen atoms in total. The van der Waals surface area contributed by atoms with Crippen LogP contribution >= 0.6 is 0 Å². The zero-order valence-electron chi connectivity index (χ0n) is 15.2. The molecule has 3 aromatic rings. The fraction of sp³-hybridized carbons (Fsp3) is 0.190. The maximum atomic E-state index is 12.3. The molecule has 0 aliphatic rings. The van der Waals surface area contributed by atoms with Crippen molar-refractivity contribution in [3.8, 4) is 5.75 Å². The Hall–Kier alpha value is -3.41. The van der Waals surface area contributed by atoms with Crippen LogP contribution in [0.4, 0.5) is 5.82 Å². The van der Waals surface area contributed by atoms with Crippen molar-refractivity contribution in [3.05, 3.63) is 83.8 Å². The lowest BCUT2D eigenvalue weighted by Crippen LogP contribution is -2.26. The van der Waals surface area contributed by atoms with Crippen LogP contribution in [0.5, 0.6) is 5.75 Å². The van der Waals surface area contributed by atoms with Crippen molar-refractivity contribution in [1.29, 1.82) is 0 Å². The summed E-state index contributed by atoms with van der Waals surface area (Å²) in [5.74, 6) is 1.18. The van der Waals surface area contributed by atoms with Gasteiger partial charge in [-0.3, -0.25) is 4.79 Å². The number of hydrogen-bond donors (Lipinski definition) is 2. The highest BCUT2D eigenvalue weighted by atomic mass is 16.5. The largest absolute Gasteiger partial charge is 0.496 e. The molecule has 0 saturated heterocycles. The first kappa shape index (κ1) is 18.4. The van der Waals surface area contributed by atoms with Gasteiger partial charge in [-0.05, 0) is 18.1 Å². The molecule has 0 radical (unpaired) electrons. The topological polar surface area (TPSA) is 76.1 Å². The number of anilines is 1. The SMILES string of the molecule is COc1ccccc1CNc1cc(C(=O)NCCc2ccccc2)ncn1. The number of methoxy groups -OCH3 is 1. The third kappa shape index (κ3) is 5.28. The Kier molecular flexibility index (Phi) is 6.35. The lowest BCUT2D eigenvalue weighted by molar-refractivity contribution is 0.0949. The summed E-state index contributed by atoms with van der Waals surface area (Å²) in [5, 5.41) is 6.09. The quantitative estimate of drug-likeness (QED) is 0.644. The first-order valence-electron chi connectivity index (χ1n) is 8.76. The number of ether oxygens (including phenoxy) is 1. The Labute approximate surface area is 158 Å². The summed E-state index contributed by atoms with van der Waals surface area (Å²) in [6.45, 7) is 1.09. The van der Waals surface area contributed by atoms with Crippen LogP contribution in [0, 0.1) is 0 Å². The normalized spacial score (nSPS) is 10.3. The minimum Gasteiger partial charge on any atom is -0.496 e. The van der Waals surface area contributed by atoms with Gasteiger partial charge in [0.15, 0.2) is 0 Å². The van der Waals surface area contributed by atoms with Gasteiger partial charge in [-0.2, -0.15) is 0 Å². The number of para-hydroxylation sites is 1. The van der Waals surface area contributed by atoms with Crippen molar-refractivity contribution in [1.82, 2.24) is 15.3 Å². The first-order chi connectivity index (χ1) is 13.3. The number of carbonyl (C=O) groups is 1.